The van der Waals surface area contributed by atoms with Crippen molar-refractivity contribution in [1.29, 1.82) is 0 Å². The van der Waals surface area contributed by atoms with Gasteiger partial charge in [0.15, 0.2) is 5.17 Å². The number of amidine groups is 1. The monoisotopic (exact) mass is 387 g/mol. The molecule has 1 atom stereocenters. The Morgan fingerprint density at radius 3 is 2.81 bits per heavy atom. The Hall–Kier alpha value is -2.87. The van der Waals surface area contributed by atoms with E-state index < -0.39 is 17.0 Å². The van der Waals surface area contributed by atoms with Gasteiger partial charge in [-0.05, 0) is 24.3 Å². The SMILES string of the molecule is COc1cccc(N=C2S[C@H](CC(=O)Nc3ccccc3F)C(=O)N2C)c1. The van der Waals surface area contributed by atoms with E-state index in [0.29, 0.717) is 16.6 Å². The first-order chi connectivity index (χ1) is 13.0. The number of rotatable bonds is 5. The Morgan fingerprint density at radius 2 is 2.07 bits per heavy atom. The van der Waals surface area contributed by atoms with Gasteiger partial charge >= 0.3 is 0 Å². The molecule has 2 aromatic carbocycles. The fourth-order valence-corrected chi connectivity index (χ4v) is 3.67. The van der Waals surface area contributed by atoms with Gasteiger partial charge in [-0.15, -0.1) is 0 Å². The zero-order chi connectivity index (χ0) is 19.4. The maximum absolute atomic E-state index is 13.6. The Kier molecular flexibility index (Phi) is 5.75. The molecule has 0 aliphatic carbocycles. The highest BCUT2D eigenvalue weighted by molar-refractivity contribution is 8.15. The van der Waals surface area contributed by atoms with E-state index in [2.05, 4.69) is 10.3 Å². The van der Waals surface area contributed by atoms with Crippen LogP contribution in [0.3, 0.4) is 0 Å². The van der Waals surface area contributed by atoms with Crippen LogP contribution >= 0.6 is 11.8 Å². The van der Waals surface area contributed by atoms with Gasteiger partial charge in [0.25, 0.3) is 0 Å². The lowest BCUT2D eigenvalue weighted by molar-refractivity contribution is -0.127. The zero-order valence-electron chi connectivity index (χ0n) is 14.8. The van der Waals surface area contributed by atoms with E-state index in [0.717, 1.165) is 0 Å². The summed E-state index contributed by atoms with van der Waals surface area (Å²) in [5.41, 5.74) is 0.740. The van der Waals surface area contributed by atoms with Gasteiger partial charge in [-0.2, -0.15) is 0 Å². The number of hydrogen-bond acceptors (Lipinski definition) is 5. The van der Waals surface area contributed by atoms with E-state index in [1.807, 2.05) is 0 Å². The van der Waals surface area contributed by atoms with Crippen molar-refractivity contribution in [1.82, 2.24) is 4.90 Å². The third-order valence-corrected chi connectivity index (χ3v) is 5.17. The van der Waals surface area contributed by atoms with Crippen molar-refractivity contribution in [2.24, 2.45) is 4.99 Å². The molecule has 2 amide bonds. The van der Waals surface area contributed by atoms with Crippen molar-refractivity contribution >= 4 is 40.1 Å². The molecule has 2 aromatic rings. The fourth-order valence-electron chi connectivity index (χ4n) is 2.52. The summed E-state index contributed by atoms with van der Waals surface area (Å²) in [6.45, 7) is 0. The van der Waals surface area contributed by atoms with E-state index in [4.69, 9.17) is 4.74 Å². The number of aliphatic imine (C=N–C) groups is 1. The first-order valence-corrected chi connectivity index (χ1v) is 9.07. The predicted octanol–water partition coefficient (Wildman–Crippen LogP) is 3.42. The lowest BCUT2D eigenvalue weighted by atomic mass is 10.2. The third-order valence-electron chi connectivity index (χ3n) is 3.94. The first kappa shape index (κ1) is 18.9. The van der Waals surface area contributed by atoms with Crippen LogP contribution in [0, 0.1) is 5.82 Å². The maximum Gasteiger partial charge on any atom is 0.242 e. The van der Waals surface area contributed by atoms with Crippen molar-refractivity contribution in [2.45, 2.75) is 11.7 Å². The summed E-state index contributed by atoms with van der Waals surface area (Å²) < 4.78 is 18.8. The first-order valence-electron chi connectivity index (χ1n) is 8.19. The molecular weight excluding hydrogens is 369 g/mol. The molecule has 8 heteroatoms. The van der Waals surface area contributed by atoms with Crippen LogP contribution in [0.25, 0.3) is 0 Å². The van der Waals surface area contributed by atoms with Crippen molar-refractivity contribution in [3.63, 3.8) is 0 Å². The number of hydrogen-bond donors (Lipinski definition) is 1. The fraction of sp³-hybridized carbons (Fsp3) is 0.211. The molecule has 0 spiro atoms. The second-order valence-electron chi connectivity index (χ2n) is 5.83. The van der Waals surface area contributed by atoms with E-state index in [1.165, 1.54) is 34.9 Å². The third kappa shape index (κ3) is 4.46. The molecule has 1 fully saturated rings. The van der Waals surface area contributed by atoms with Crippen LogP contribution < -0.4 is 10.1 Å². The van der Waals surface area contributed by atoms with Crippen LogP contribution in [-0.4, -0.2) is 41.3 Å². The second kappa shape index (κ2) is 8.22. The number of methoxy groups -OCH3 is 1. The van der Waals surface area contributed by atoms with Crippen molar-refractivity contribution in [2.75, 3.05) is 19.5 Å². The topological polar surface area (TPSA) is 71.0 Å². The highest BCUT2D eigenvalue weighted by Gasteiger charge is 2.37. The van der Waals surface area contributed by atoms with Crippen LogP contribution in [0.15, 0.2) is 53.5 Å². The minimum absolute atomic E-state index is 0.0701. The van der Waals surface area contributed by atoms with Gasteiger partial charge in [0.2, 0.25) is 11.8 Å². The van der Waals surface area contributed by atoms with Crippen LogP contribution in [0.2, 0.25) is 0 Å². The predicted molar refractivity (Wildman–Crippen MR) is 104 cm³/mol. The molecular formula is C19H18FN3O3S. The minimum atomic E-state index is -0.605. The molecule has 1 heterocycles. The number of nitrogens with one attached hydrogen (secondary N) is 1. The number of carbonyl (C=O) groups excluding carboxylic acids is 2. The Morgan fingerprint density at radius 1 is 1.30 bits per heavy atom. The number of thioether (sulfide) groups is 1. The van der Waals surface area contributed by atoms with Gasteiger partial charge in [0, 0.05) is 19.5 Å². The number of halogens is 1. The maximum atomic E-state index is 13.6. The quantitative estimate of drug-likeness (QED) is 0.853. The summed E-state index contributed by atoms with van der Waals surface area (Å²) in [5.74, 6) is -0.504. The van der Waals surface area contributed by atoms with Crippen LogP contribution in [0.1, 0.15) is 6.42 Å². The molecule has 140 valence electrons. The number of nitrogens with zero attached hydrogens (tertiary/aromatic N) is 2. The van der Waals surface area contributed by atoms with Crippen molar-refractivity contribution in [3.8, 4) is 5.75 Å². The molecule has 0 aromatic heterocycles. The Balaban J connectivity index is 1.69. The largest absolute Gasteiger partial charge is 0.497 e. The lowest BCUT2D eigenvalue weighted by Gasteiger charge is -2.09. The number of para-hydroxylation sites is 1. The van der Waals surface area contributed by atoms with Gasteiger partial charge in [0.05, 0.1) is 18.5 Å². The average Bonchev–Trinajstić information content (AvgIpc) is 2.91. The van der Waals surface area contributed by atoms with Gasteiger partial charge in [0.1, 0.15) is 16.8 Å². The molecule has 0 radical (unpaired) electrons. The van der Waals surface area contributed by atoms with Crippen LogP contribution in [-0.2, 0) is 9.59 Å². The van der Waals surface area contributed by atoms with Gasteiger partial charge in [-0.25, -0.2) is 9.38 Å². The van der Waals surface area contributed by atoms with E-state index >= 15 is 0 Å². The van der Waals surface area contributed by atoms with Gasteiger partial charge < -0.3 is 10.1 Å². The standard InChI is InChI=1S/C19H18FN3O3S/c1-23-18(25)16(11-17(24)22-15-9-4-3-8-14(15)20)27-19(23)21-12-6-5-7-13(10-12)26-2/h3-10,16H,11H2,1-2H3,(H,22,24)/t16-/m1/s1. The van der Waals surface area contributed by atoms with Gasteiger partial charge in [-0.3, -0.25) is 14.5 Å². The lowest BCUT2D eigenvalue weighted by Crippen LogP contribution is -2.30. The summed E-state index contributed by atoms with van der Waals surface area (Å²) in [7, 11) is 3.18. The highest BCUT2D eigenvalue weighted by Crippen LogP contribution is 2.31. The molecule has 1 aliphatic rings. The van der Waals surface area contributed by atoms with Crippen LogP contribution in [0.5, 0.6) is 5.75 Å². The molecule has 1 N–H and O–H groups in total. The van der Waals surface area contributed by atoms with Gasteiger partial charge in [-0.1, -0.05) is 30.0 Å². The molecule has 6 nitrogen and oxygen atoms in total. The van der Waals surface area contributed by atoms with Crippen LogP contribution in [0.4, 0.5) is 15.8 Å². The molecule has 1 aliphatic heterocycles. The Labute approximate surface area is 160 Å². The number of ether oxygens (including phenoxy) is 1. The summed E-state index contributed by atoms with van der Waals surface area (Å²) in [4.78, 5) is 30.5. The number of carbonyl (C=O) groups is 2. The van der Waals surface area contributed by atoms with E-state index in [9.17, 15) is 14.0 Å². The summed E-state index contributed by atoms with van der Waals surface area (Å²) in [6.07, 6.45) is -0.0701. The van der Waals surface area contributed by atoms with E-state index in [-0.39, 0.29) is 18.0 Å². The average molecular weight is 387 g/mol. The van der Waals surface area contributed by atoms with E-state index in [1.54, 1.807) is 44.5 Å². The number of amides is 2. The van der Waals surface area contributed by atoms with Crippen molar-refractivity contribution in [3.05, 3.63) is 54.3 Å². The molecule has 27 heavy (non-hydrogen) atoms. The minimum Gasteiger partial charge on any atom is -0.497 e. The van der Waals surface area contributed by atoms with Crippen molar-refractivity contribution < 1.29 is 18.7 Å². The summed E-state index contributed by atoms with van der Waals surface area (Å²) >= 11 is 1.21. The zero-order valence-corrected chi connectivity index (χ0v) is 15.6. The molecule has 3 rings (SSSR count). The molecule has 1 saturated heterocycles. The summed E-state index contributed by atoms with van der Waals surface area (Å²) in [5, 5.41) is 2.39. The molecule has 0 bridgehead atoms. The number of anilines is 1. The smallest absolute Gasteiger partial charge is 0.242 e. The molecule has 0 unspecified atom stereocenters. The highest BCUT2D eigenvalue weighted by atomic mass is 32.2. The second-order valence-corrected chi connectivity index (χ2v) is 7.00. The molecule has 0 saturated carbocycles. The Bertz CT molecular complexity index is 903. The number of benzene rings is 2. The summed E-state index contributed by atoms with van der Waals surface area (Å²) in [6, 6.07) is 13.1. The normalized spacial score (nSPS) is 18.0.